The Kier molecular flexibility index (Phi) is 5.54. The number of nitrogens with one attached hydrogen (secondary N) is 2. The average Bonchev–Trinajstić information content (AvgIpc) is 2.57. The molecule has 0 aliphatic heterocycles. The zero-order valence-corrected chi connectivity index (χ0v) is 13.1. The highest BCUT2D eigenvalue weighted by Gasteiger charge is 2.17. The number of rotatable bonds is 3. The van der Waals surface area contributed by atoms with Gasteiger partial charge in [-0.1, -0.05) is 0 Å². The lowest BCUT2D eigenvalue weighted by molar-refractivity contribution is -0.135. The van der Waals surface area contributed by atoms with E-state index in [4.69, 9.17) is 11.0 Å². The molecule has 0 aromatic heterocycles. The maximum atomic E-state index is 11.9. The maximum Gasteiger partial charge on any atom is 0.316 e. The Balaban J connectivity index is 1.94. The molecule has 2 rings (SSSR count). The summed E-state index contributed by atoms with van der Waals surface area (Å²) in [4.78, 5) is 36.1. The van der Waals surface area contributed by atoms with Crippen molar-refractivity contribution in [2.24, 2.45) is 0 Å². The summed E-state index contributed by atoms with van der Waals surface area (Å²) in [6.45, 7) is 0. The van der Waals surface area contributed by atoms with Gasteiger partial charge in [0.05, 0.1) is 0 Å². The zero-order valence-electron chi connectivity index (χ0n) is 12.3. The second-order valence-electron chi connectivity index (χ2n) is 4.58. The molecule has 7 nitrogen and oxygen atoms in total. The first-order chi connectivity index (χ1) is 11.5. The first-order valence-electron chi connectivity index (χ1n) is 6.68. The van der Waals surface area contributed by atoms with E-state index in [1.54, 1.807) is 24.3 Å². The van der Waals surface area contributed by atoms with Crippen molar-refractivity contribution in [1.29, 1.82) is 5.26 Å². The van der Waals surface area contributed by atoms with Crippen molar-refractivity contribution in [3.05, 3.63) is 54.1 Å². The van der Waals surface area contributed by atoms with E-state index in [-0.39, 0.29) is 5.56 Å². The van der Waals surface area contributed by atoms with Gasteiger partial charge in [-0.15, -0.1) is 0 Å². The number of carbonyl (C=O) groups is 3. The van der Waals surface area contributed by atoms with E-state index in [0.717, 1.165) is 11.8 Å². The number of nitrogens with zero attached hydrogens (tertiary/aromatic N) is 1. The Morgan fingerprint density at radius 3 is 2.17 bits per heavy atom. The van der Waals surface area contributed by atoms with Gasteiger partial charge in [0.15, 0.2) is 0 Å². The van der Waals surface area contributed by atoms with Crippen molar-refractivity contribution >= 4 is 40.9 Å². The van der Waals surface area contributed by atoms with Crippen LogP contribution < -0.4 is 16.4 Å². The van der Waals surface area contributed by atoms with Crippen LogP contribution >= 0.6 is 11.8 Å². The summed E-state index contributed by atoms with van der Waals surface area (Å²) < 4.78 is 0. The summed E-state index contributed by atoms with van der Waals surface area (Å²) in [7, 11) is 0. The van der Waals surface area contributed by atoms with Crippen LogP contribution in [-0.4, -0.2) is 17.7 Å². The SMILES string of the molecule is N#CSc1ccc(NC(=O)C(=O)NC(=O)c2ccc(N)cc2)cc1. The first kappa shape index (κ1) is 17.1. The monoisotopic (exact) mass is 340 g/mol. The van der Waals surface area contributed by atoms with E-state index in [0.29, 0.717) is 16.3 Å². The highest BCUT2D eigenvalue weighted by molar-refractivity contribution is 8.03. The van der Waals surface area contributed by atoms with Gasteiger partial charge in [-0.05, 0) is 60.3 Å². The molecule has 0 atom stereocenters. The summed E-state index contributed by atoms with van der Waals surface area (Å²) in [6.07, 6.45) is 0. The van der Waals surface area contributed by atoms with Gasteiger partial charge in [-0.2, -0.15) is 5.26 Å². The molecule has 0 bridgehead atoms. The number of carbonyl (C=O) groups excluding carboxylic acids is 3. The van der Waals surface area contributed by atoms with Crippen molar-refractivity contribution in [2.45, 2.75) is 4.90 Å². The van der Waals surface area contributed by atoms with Gasteiger partial charge in [0.2, 0.25) is 0 Å². The number of thiocyanates is 1. The van der Waals surface area contributed by atoms with Gasteiger partial charge in [-0.25, -0.2) is 0 Å². The van der Waals surface area contributed by atoms with Crippen LogP contribution in [0.5, 0.6) is 0 Å². The topological polar surface area (TPSA) is 125 Å². The summed E-state index contributed by atoms with van der Waals surface area (Å²) in [6, 6.07) is 12.3. The van der Waals surface area contributed by atoms with Gasteiger partial charge in [0.1, 0.15) is 5.40 Å². The number of hydrogen-bond acceptors (Lipinski definition) is 6. The van der Waals surface area contributed by atoms with E-state index < -0.39 is 17.7 Å². The third kappa shape index (κ3) is 4.59. The number of imide groups is 1. The highest BCUT2D eigenvalue weighted by Crippen LogP contribution is 2.18. The number of anilines is 2. The molecule has 8 heteroatoms. The molecule has 0 saturated heterocycles. The van der Waals surface area contributed by atoms with E-state index in [1.807, 2.05) is 10.7 Å². The predicted octanol–water partition coefficient (Wildman–Crippen LogP) is 1.74. The molecule has 0 aliphatic carbocycles. The van der Waals surface area contributed by atoms with Crippen LogP contribution in [0.2, 0.25) is 0 Å². The van der Waals surface area contributed by atoms with Crippen LogP contribution in [0, 0.1) is 10.7 Å². The van der Waals surface area contributed by atoms with Crippen molar-refractivity contribution in [1.82, 2.24) is 5.32 Å². The Morgan fingerprint density at radius 2 is 1.58 bits per heavy atom. The van der Waals surface area contributed by atoms with Crippen molar-refractivity contribution in [3.8, 4) is 5.40 Å². The van der Waals surface area contributed by atoms with Crippen LogP contribution in [0.15, 0.2) is 53.4 Å². The Hall–Kier alpha value is -3.31. The molecule has 0 unspecified atom stereocenters. The molecule has 2 aromatic rings. The predicted molar refractivity (Wildman–Crippen MR) is 89.9 cm³/mol. The molecule has 0 spiro atoms. The summed E-state index contributed by atoms with van der Waals surface area (Å²) in [5, 5.41) is 14.8. The number of nitrogens with two attached hydrogens (primary N) is 1. The van der Waals surface area contributed by atoms with Gasteiger partial charge >= 0.3 is 11.8 Å². The summed E-state index contributed by atoms with van der Waals surface area (Å²) in [5.74, 6) is -2.75. The van der Waals surface area contributed by atoms with Crippen LogP contribution in [0.1, 0.15) is 10.4 Å². The van der Waals surface area contributed by atoms with Gasteiger partial charge < -0.3 is 11.1 Å². The van der Waals surface area contributed by atoms with Gasteiger partial charge in [-0.3, -0.25) is 19.7 Å². The minimum absolute atomic E-state index is 0.211. The quantitative estimate of drug-likeness (QED) is 0.338. The molecule has 120 valence electrons. The Bertz CT molecular complexity index is 811. The molecule has 3 amide bonds. The normalized spacial score (nSPS) is 9.62. The number of thioether (sulfide) groups is 1. The lowest BCUT2D eigenvalue weighted by Crippen LogP contribution is -2.39. The van der Waals surface area contributed by atoms with E-state index in [1.165, 1.54) is 24.3 Å². The van der Waals surface area contributed by atoms with Crippen LogP contribution in [-0.2, 0) is 9.59 Å². The number of nitrogen functional groups attached to an aromatic ring is 1. The lowest BCUT2D eigenvalue weighted by Gasteiger charge is -2.06. The Morgan fingerprint density at radius 1 is 0.958 bits per heavy atom. The third-order valence-electron chi connectivity index (χ3n) is 2.88. The molecule has 0 saturated carbocycles. The van der Waals surface area contributed by atoms with Crippen molar-refractivity contribution in [3.63, 3.8) is 0 Å². The van der Waals surface area contributed by atoms with Crippen LogP contribution in [0.4, 0.5) is 11.4 Å². The van der Waals surface area contributed by atoms with Crippen molar-refractivity contribution in [2.75, 3.05) is 11.1 Å². The van der Waals surface area contributed by atoms with E-state index >= 15 is 0 Å². The molecule has 4 N–H and O–H groups in total. The smallest absolute Gasteiger partial charge is 0.316 e. The standard InChI is InChI=1S/C16H12N4O3S/c17-9-24-13-7-5-12(6-8-13)19-15(22)16(23)20-14(21)10-1-3-11(18)4-2-10/h1-8H,18H2,(H,19,22)(H,20,21,23). The molecule has 0 aliphatic rings. The highest BCUT2D eigenvalue weighted by atomic mass is 32.2. The minimum atomic E-state index is -1.08. The van der Waals surface area contributed by atoms with E-state index in [9.17, 15) is 14.4 Å². The molecule has 0 fully saturated rings. The lowest BCUT2D eigenvalue weighted by atomic mass is 10.2. The number of nitriles is 1. The largest absolute Gasteiger partial charge is 0.399 e. The summed E-state index contributed by atoms with van der Waals surface area (Å²) in [5.41, 5.74) is 6.57. The Labute approximate surface area is 141 Å². The van der Waals surface area contributed by atoms with Crippen LogP contribution in [0.3, 0.4) is 0 Å². The maximum absolute atomic E-state index is 11.9. The minimum Gasteiger partial charge on any atom is -0.399 e. The third-order valence-corrected chi connectivity index (χ3v) is 3.48. The average molecular weight is 340 g/mol. The first-order valence-corrected chi connectivity index (χ1v) is 7.49. The van der Waals surface area contributed by atoms with Crippen LogP contribution in [0.25, 0.3) is 0 Å². The molecule has 0 heterocycles. The number of benzene rings is 2. The fourth-order valence-corrected chi connectivity index (χ4v) is 2.09. The fraction of sp³-hybridized carbons (Fsp3) is 0. The van der Waals surface area contributed by atoms with Crippen molar-refractivity contribution < 1.29 is 14.4 Å². The van der Waals surface area contributed by atoms with E-state index in [2.05, 4.69) is 5.32 Å². The molecule has 2 aromatic carbocycles. The second-order valence-corrected chi connectivity index (χ2v) is 5.44. The fourth-order valence-electron chi connectivity index (χ4n) is 1.71. The zero-order chi connectivity index (χ0) is 17.5. The second kappa shape index (κ2) is 7.80. The molecule has 0 radical (unpaired) electrons. The number of hydrogen-bond donors (Lipinski definition) is 3. The van der Waals surface area contributed by atoms with Gasteiger partial charge in [0, 0.05) is 21.8 Å². The molecular weight excluding hydrogens is 328 g/mol. The summed E-state index contributed by atoms with van der Waals surface area (Å²) >= 11 is 0.976. The van der Waals surface area contributed by atoms with Gasteiger partial charge in [0.25, 0.3) is 5.91 Å². The molecular formula is C16H12N4O3S. The number of amides is 3. The molecule has 24 heavy (non-hydrogen) atoms.